The molecule has 0 aliphatic rings. The minimum absolute atomic E-state index is 0.173. The molecular weight excluding hydrogens is 384 g/mol. The van der Waals surface area contributed by atoms with E-state index in [1.165, 1.54) is 11.3 Å². The van der Waals surface area contributed by atoms with Crippen molar-refractivity contribution in [3.05, 3.63) is 71.6 Å². The van der Waals surface area contributed by atoms with E-state index in [1.807, 2.05) is 24.3 Å². The van der Waals surface area contributed by atoms with Gasteiger partial charge in [0.25, 0.3) is 15.9 Å². The molecule has 1 amide bonds. The number of hydroxylamine groups is 1. The second kappa shape index (κ2) is 6.66. The molecule has 1 heterocycles. The van der Waals surface area contributed by atoms with Gasteiger partial charge in [0.2, 0.25) is 0 Å². The first-order valence-corrected chi connectivity index (χ1v) is 10.3. The number of fused-ring (bicyclic) bond motifs is 2. The zero-order valence-electron chi connectivity index (χ0n) is 13.8. The summed E-state index contributed by atoms with van der Waals surface area (Å²) in [5, 5.41) is 11.2. The number of hydrogen-bond donors (Lipinski definition) is 3. The van der Waals surface area contributed by atoms with Crippen LogP contribution in [0.3, 0.4) is 0 Å². The van der Waals surface area contributed by atoms with Crippen molar-refractivity contribution in [2.75, 3.05) is 4.72 Å². The van der Waals surface area contributed by atoms with Gasteiger partial charge in [0.15, 0.2) is 0 Å². The zero-order chi connectivity index (χ0) is 19.0. The van der Waals surface area contributed by atoms with E-state index in [2.05, 4.69) is 4.72 Å². The normalized spacial score (nSPS) is 11.6. The number of benzene rings is 3. The fourth-order valence-corrected chi connectivity index (χ4v) is 4.84. The number of carbonyl (C=O) groups is 1. The van der Waals surface area contributed by atoms with Crippen LogP contribution in [-0.2, 0) is 10.0 Å². The molecule has 0 bridgehead atoms. The van der Waals surface area contributed by atoms with Crippen LogP contribution in [0.1, 0.15) is 9.67 Å². The number of rotatable bonds is 4. The van der Waals surface area contributed by atoms with E-state index in [0.717, 1.165) is 15.5 Å². The van der Waals surface area contributed by atoms with Crippen LogP contribution in [0, 0.1) is 0 Å². The van der Waals surface area contributed by atoms with Gasteiger partial charge < -0.3 is 0 Å². The first-order valence-electron chi connectivity index (χ1n) is 7.96. The molecule has 0 saturated carbocycles. The monoisotopic (exact) mass is 398 g/mol. The second-order valence-corrected chi connectivity index (χ2v) is 8.68. The Hall–Kier alpha value is -2.94. The minimum Gasteiger partial charge on any atom is -0.288 e. The summed E-state index contributed by atoms with van der Waals surface area (Å²) in [6.07, 6.45) is 0. The first-order chi connectivity index (χ1) is 13.0. The van der Waals surface area contributed by atoms with Crippen LogP contribution in [0.15, 0.2) is 71.6 Å². The van der Waals surface area contributed by atoms with Crippen LogP contribution < -0.4 is 10.2 Å². The van der Waals surface area contributed by atoms with Crippen molar-refractivity contribution in [2.45, 2.75) is 4.90 Å². The molecule has 0 atom stereocenters. The van der Waals surface area contributed by atoms with Gasteiger partial charge in [-0.25, -0.2) is 13.9 Å². The molecule has 0 fully saturated rings. The quantitative estimate of drug-likeness (QED) is 0.358. The number of sulfonamides is 1. The molecule has 27 heavy (non-hydrogen) atoms. The average Bonchev–Trinajstić information content (AvgIpc) is 3.10. The average molecular weight is 398 g/mol. The molecule has 0 saturated heterocycles. The summed E-state index contributed by atoms with van der Waals surface area (Å²) >= 11 is 1.21. The number of amides is 1. The Kier molecular flexibility index (Phi) is 4.31. The predicted octanol–water partition coefficient (Wildman–Crippen LogP) is 3.97. The molecule has 0 aliphatic heterocycles. The SMILES string of the molecule is O=C(NO)c1cc2cc(NS(=O)(=O)c3ccc4ccccc4c3)ccc2s1. The molecule has 136 valence electrons. The molecular formula is C19H14N2O4S2. The number of thiophene rings is 1. The van der Waals surface area contributed by atoms with E-state index in [1.54, 1.807) is 47.9 Å². The highest BCUT2D eigenvalue weighted by Crippen LogP contribution is 2.29. The van der Waals surface area contributed by atoms with E-state index in [0.29, 0.717) is 16.0 Å². The fourth-order valence-electron chi connectivity index (χ4n) is 2.82. The minimum atomic E-state index is -3.75. The van der Waals surface area contributed by atoms with Gasteiger partial charge in [-0.1, -0.05) is 30.3 Å². The van der Waals surface area contributed by atoms with E-state index < -0.39 is 15.9 Å². The summed E-state index contributed by atoms with van der Waals surface area (Å²) in [6, 6.07) is 19.1. The van der Waals surface area contributed by atoms with Crippen LogP contribution in [0.5, 0.6) is 0 Å². The van der Waals surface area contributed by atoms with Gasteiger partial charge in [-0.2, -0.15) is 0 Å². The molecule has 3 aromatic carbocycles. The van der Waals surface area contributed by atoms with E-state index in [9.17, 15) is 13.2 Å². The molecule has 0 unspecified atom stereocenters. The Labute approximate surface area is 159 Å². The lowest BCUT2D eigenvalue weighted by Crippen LogP contribution is -2.16. The maximum absolute atomic E-state index is 12.7. The third kappa shape index (κ3) is 3.37. The number of anilines is 1. The highest BCUT2D eigenvalue weighted by atomic mass is 32.2. The number of nitrogens with one attached hydrogen (secondary N) is 2. The van der Waals surface area contributed by atoms with Crippen LogP contribution in [0.25, 0.3) is 20.9 Å². The third-order valence-corrected chi connectivity index (χ3v) is 6.62. The van der Waals surface area contributed by atoms with Crippen molar-refractivity contribution in [3.63, 3.8) is 0 Å². The van der Waals surface area contributed by atoms with E-state index in [4.69, 9.17) is 5.21 Å². The van der Waals surface area contributed by atoms with Crippen LogP contribution in [0.4, 0.5) is 5.69 Å². The highest BCUT2D eigenvalue weighted by molar-refractivity contribution is 7.92. The van der Waals surface area contributed by atoms with Crippen LogP contribution in [-0.4, -0.2) is 19.5 Å². The molecule has 0 spiro atoms. The predicted molar refractivity (Wildman–Crippen MR) is 106 cm³/mol. The van der Waals surface area contributed by atoms with Gasteiger partial charge >= 0.3 is 0 Å². The summed E-state index contributed by atoms with van der Waals surface area (Å²) in [7, 11) is -3.75. The van der Waals surface area contributed by atoms with E-state index in [-0.39, 0.29) is 4.90 Å². The van der Waals surface area contributed by atoms with Crippen molar-refractivity contribution >= 4 is 53.8 Å². The Morgan fingerprint density at radius 2 is 1.67 bits per heavy atom. The first kappa shape index (κ1) is 17.5. The molecule has 0 radical (unpaired) electrons. The van der Waals surface area contributed by atoms with Crippen molar-refractivity contribution in [1.82, 2.24) is 5.48 Å². The van der Waals surface area contributed by atoms with Crippen LogP contribution in [0.2, 0.25) is 0 Å². The molecule has 8 heteroatoms. The van der Waals surface area contributed by atoms with Crippen molar-refractivity contribution in [3.8, 4) is 0 Å². The standard InChI is InChI=1S/C19H14N2O4S2/c22-19(20-23)18-11-14-9-15(6-8-17(14)26-18)21-27(24,25)16-7-5-12-3-1-2-4-13(12)10-16/h1-11,21,23H,(H,20,22). The highest BCUT2D eigenvalue weighted by Gasteiger charge is 2.16. The maximum Gasteiger partial charge on any atom is 0.284 e. The summed E-state index contributed by atoms with van der Waals surface area (Å²) in [4.78, 5) is 12.0. The molecule has 0 aliphatic carbocycles. The number of carbonyl (C=O) groups excluding carboxylic acids is 1. The Balaban J connectivity index is 1.67. The van der Waals surface area contributed by atoms with Crippen molar-refractivity contribution < 1.29 is 18.4 Å². The lowest BCUT2D eigenvalue weighted by Gasteiger charge is -2.09. The van der Waals surface area contributed by atoms with Crippen LogP contribution >= 0.6 is 11.3 Å². The van der Waals surface area contributed by atoms with Gasteiger partial charge in [-0.3, -0.25) is 14.7 Å². The molecule has 6 nitrogen and oxygen atoms in total. The Morgan fingerprint density at radius 3 is 2.44 bits per heavy atom. The summed E-state index contributed by atoms with van der Waals surface area (Å²) in [5.41, 5.74) is 1.98. The van der Waals surface area contributed by atoms with Gasteiger partial charge in [0.1, 0.15) is 0 Å². The van der Waals surface area contributed by atoms with Crippen molar-refractivity contribution in [1.29, 1.82) is 0 Å². The molecule has 4 rings (SSSR count). The lowest BCUT2D eigenvalue weighted by atomic mass is 10.1. The number of hydrogen-bond acceptors (Lipinski definition) is 5. The molecule has 3 N–H and O–H groups in total. The summed E-state index contributed by atoms with van der Waals surface area (Å²) in [5.74, 6) is -0.602. The van der Waals surface area contributed by atoms with Gasteiger partial charge in [0, 0.05) is 10.4 Å². The summed E-state index contributed by atoms with van der Waals surface area (Å²) < 4.78 is 28.8. The van der Waals surface area contributed by atoms with E-state index >= 15 is 0 Å². The Morgan fingerprint density at radius 1 is 0.889 bits per heavy atom. The second-order valence-electron chi connectivity index (χ2n) is 5.92. The topological polar surface area (TPSA) is 95.5 Å². The smallest absolute Gasteiger partial charge is 0.284 e. The largest absolute Gasteiger partial charge is 0.288 e. The maximum atomic E-state index is 12.7. The zero-order valence-corrected chi connectivity index (χ0v) is 15.5. The van der Waals surface area contributed by atoms with Gasteiger partial charge in [-0.05, 0) is 52.6 Å². The third-order valence-electron chi connectivity index (χ3n) is 4.13. The van der Waals surface area contributed by atoms with Gasteiger partial charge in [0.05, 0.1) is 9.77 Å². The summed E-state index contributed by atoms with van der Waals surface area (Å²) in [6.45, 7) is 0. The van der Waals surface area contributed by atoms with Gasteiger partial charge in [-0.15, -0.1) is 11.3 Å². The lowest BCUT2D eigenvalue weighted by molar-refractivity contribution is 0.0711. The fraction of sp³-hybridized carbons (Fsp3) is 0. The van der Waals surface area contributed by atoms with Crippen molar-refractivity contribution in [2.24, 2.45) is 0 Å². The Bertz CT molecular complexity index is 1280. The molecule has 1 aromatic heterocycles. The molecule has 4 aromatic rings.